The number of methoxy groups -OCH3 is 1. The van der Waals surface area contributed by atoms with Crippen LogP contribution in [0.4, 0.5) is 0 Å². The van der Waals surface area contributed by atoms with Gasteiger partial charge in [0.25, 0.3) is 0 Å². The molecular weight excluding hydrogens is 184 g/mol. The number of primary amides is 1. The summed E-state index contributed by atoms with van der Waals surface area (Å²) in [5.41, 5.74) is 4.58. The smallest absolute Gasteiger partial charge is 0.331 e. The Labute approximate surface area is 83.3 Å². The number of carbonyl (C=O) groups is 2. The molecule has 0 aliphatic rings. The number of hydrogen-bond donors (Lipinski definition) is 2. The third kappa shape index (κ3) is 6.05. The molecule has 0 fully saturated rings. The van der Waals surface area contributed by atoms with Crippen LogP contribution in [-0.2, 0) is 14.3 Å². The molecule has 0 unspecified atom stereocenters. The summed E-state index contributed by atoms with van der Waals surface area (Å²) in [5, 5.41) is 2.87. The van der Waals surface area contributed by atoms with Gasteiger partial charge in [-0.15, -0.1) is 0 Å². The number of nitrogens with one attached hydrogen (secondary N) is 1. The van der Waals surface area contributed by atoms with Gasteiger partial charge in [-0.05, 0) is 13.8 Å². The fraction of sp³-hybridized carbons (Fsp3) is 0.556. The van der Waals surface area contributed by atoms with Crippen LogP contribution >= 0.6 is 0 Å². The molecule has 14 heavy (non-hydrogen) atoms. The van der Waals surface area contributed by atoms with Crippen molar-refractivity contribution in [3.8, 4) is 0 Å². The first-order chi connectivity index (χ1) is 6.37. The first kappa shape index (κ1) is 12.5. The number of nitrogens with two attached hydrogens (primary N) is 1. The molecule has 1 amide bonds. The summed E-state index contributed by atoms with van der Waals surface area (Å²) in [6.45, 7) is 3.61. The Morgan fingerprint density at radius 2 is 2.07 bits per heavy atom. The Morgan fingerprint density at radius 3 is 2.50 bits per heavy atom. The number of amides is 1. The second kappa shape index (κ2) is 5.26. The second-order valence-corrected chi connectivity index (χ2v) is 3.53. The van der Waals surface area contributed by atoms with Gasteiger partial charge in [0.05, 0.1) is 7.11 Å². The lowest BCUT2D eigenvalue weighted by molar-refractivity contribution is -0.134. The topological polar surface area (TPSA) is 81.4 Å². The summed E-state index contributed by atoms with van der Waals surface area (Å²) < 4.78 is 4.39. The Balaban J connectivity index is 4.04. The highest BCUT2D eigenvalue weighted by Gasteiger charge is 2.18. The van der Waals surface area contributed by atoms with E-state index in [9.17, 15) is 9.59 Å². The highest BCUT2D eigenvalue weighted by molar-refractivity contribution is 5.81. The normalized spacial score (nSPS) is 11.4. The van der Waals surface area contributed by atoms with Crippen LogP contribution in [0.2, 0.25) is 0 Å². The highest BCUT2D eigenvalue weighted by Crippen LogP contribution is 2.06. The second-order valence-electron chi connectivity index (χ2n) is 3.53. The lowest BCUT2D eigenvalue weighted by atomic mass is 10.0. The van der Waals surface area contributed by atoms with Gasteiger partial charge >= 0.3 is 5.97 Å². The van der Waals surface area contributed by atoms with Crippen LogP contribution in [0.5, 0.6) is 0 Å². The van der Waals surface area contributed by atoms with E-state index in [4.69, 9.17) is 5.73 Å². The minimum atomic E-state index is -0.462. The van der Waals surface area contributed by atoms with Crippen LogP contribution in [0.25, 0.3) is 0 Å². The quantitative estimate of drug-likeness (QED) is 0.480. The van der Waals surface area contributed by atoms with Gasteiger partial charge in [-0.25, -0.2) is 4.79 Å². The van der Waals surface area contributed by atoms with E-state index in [1.165, 1.54) is 19.4 Å². The summed E-state index contributed by atoms with van der Waals surface area (Å²) in [4.78, 5) is 21.3. The molecule has 5 heteroatoms. The van der Waals surface area contributed by atoms with Crippen molar-refractivity contribution in [2.24, 2.45) is 5.73 Å². The molecule has 0 rings (SSSR count). The SMILES string of the molecule is COC(=O)/C=C/NC(C)(C)CC(N)=O. The van der Waals surface area contributed by atoms with Crippen molar-refractivity contribution in [2.45, 2.75) is 25.8 Å². The van der Waals surface area contributed by atoms with E-state index >= 15 is 0 Å². The van der Waals surface area contributed by atoms with Gasteiger partial charge in [-0.2, -0.15) is 0 Å². The third-order valence-electron chi connectivity index (χ3n) is 1.51. The van der Waals surface area contributed by atoms with Crippen molar-refractivity contribution in [1.29, 1.82) is 0 Å². The third-order valence-corrected chi connectivity index (χ3v) is 1.51. The summed E-state index contributed by atoms with van der Waals surface area (Å²) in [6.07, 6.45) is 2.87. The van der Waals surface area contributed by atoms with E-state index < -0.39 is 17.4 Å². The van der Waals surface area contributed by atoms with Gasteiger partial charge < -0.3 is 15.8 Å². The van der Waals surface area contributed by atoms with Crippen LogP contribution in [0, 0.1) is 0 Å². The van der Waals surface area contributed by atoms with Gasteiger partial charge in [-0.3, -0.25) is 4.79 Å². The van der Waals surface area contributed by atoms with Crippen LogP contribution < -0.4 is 11.1 Å². The fourth-order valence-electron chi connectivity index (χ4n) is 0.890. The van der Waals surface area contributed by atoms with Crippen molar-refractivity contribution in [2.75, 3.05) is 7.11 Å². The molecule has 0 saturated carbocycles. The summed E-state index contributed by atoms with van der Waals surface area (Å²) >= 11 is 0. The van der Waals surface area contributed by atoms with E-state index in [-0.39, 0.29) is 6.42 Å². The predicted molar refractivity (Wildman–Crippen MR) is 52.2 cm³/mol. The van der Waals surface area contributed by atoms with Crippen LogP contribution in [0.15, 0.2) is 12.3 Å². The van der Waals surface area contributed by atoms with Crippen molar-refractivity contribution in [1.82, 2.24) is 5.32 Å². The molecule has 80 valence electrons. The first-order valence-corrected chi connectivity index (χ1v) is 4.18. The zero-order valence-corrected chi connectivity index (χ0v) is 8.66. The Hall–Kier alpha value is -1.52. The van der Waals surface area contributed by atoms with E-state index in [0.717, 1.165) is 0 Å². The van der Waals surface area contributed by atoms with Crippen molar-refractivity contribution < 1.29 is 14.3 Å². The molecule has 0 saturated heterocycles. The average molecular weight is 200 g/mol. The molecule has 0 aromatic rings. The van der Waals surface area contributed by atoms with Gasteiger partial charge in [0, 0.05) is 24.2 Å². The lowest BCUT2D eigenvalue weighted by Crippen LogP contribution is -2.39. The van der Waals surface area contributed by atoms with Crippen molar-refractivity contribution >= 4 is 11.9 Å². The predicted octanol–water partition coefficient (Wildman–Crippen LogP) is -0.0833. The van der Waals surface area contributed by atoms with E-state index in [0.29, 0.717) is 0 Å². The molecule has 0 spiro atoms. The lowest BCUT2D eigenvalue weighted by Gasteiger charge is -2.23. The van der Waals surface area contributed by atoms with Gasteiger partial charge in [0.15, 0.2) is 0 Å². The molecule has 0 bridgehead atoms. The number of rotatable bonds is 5. The van der Waals surface area contributed by atoms with Gasteiger partial charge in [0.1, 0.15) is 0 Å². The maximum Gasteiger partial charge on any atom is 0.331 e. The van der Waals surface area contributed by atoms with Crippen molar-refractivity contribution in [3.05, 3.63) is 12.3 Å². The van der Waals surface area contributed by atoms with Gasteiger partial charge in [0.2, 0.25) is 5.91 Å². The van der Waals surface area contributed by atoms with E-state index in [2.05, 4.69) is 10.1 Å². The molecule has 0 aliphatic heterocycles. The molecule has 0 aliphatic carbocycles. The zero-order valence-electron chi connectivity index (χ0n) is 8.66. The largest absolute Gasteiger partial charge is 0.466 e. The Morgan fingerprint density at radius 1 is 1.50 bits per heavy atom. The molecule has 0 atom stereocenters. The number of esters is 1. The maximum absolute atomic E-state index is 10.7. The molecule has 0 aromatic heterocycles. The molecular formula is C9H16N2O3. The number of hydrogen-bond acceptors (Lipinski definition) is 4. The minimum absolute atomic E-state index is 0.193. The molecule has 0 heterocycles. The minimum Gasteiger partial charge on any atom is -0.466 e. The summed E-state index contributed by atoms with van der Waals surface area (Å²) in [7, 11) is 1.29. The molecule has 5 nitrogen and oxygen atoms in total. The summed E-state index contributed by atoms with van der Waals surface area (Å²) in [6, 6.07) is 0. The molecule has 3 N–H and O–H groups in total. The Kier molecular flexibility index (Phi) is 4.69. The van der Waals surface area contributed by atoms with E-state index in [1.54, 1.807) is 13.8 Å². The van der Waals surface area contributed by atoms with Crippen molar-refractivity contribution in [3.63, 3.8) is 0 Å². The highest BCUT2D eigenvalue weighted by atomic mass is 16.5. The number of carbonyl (C=O) groups excluding carboxylic acids is 2. The standard InChI is InChI=1S/C9H16N2O3/c1-9(2,6-7(10)12)11-5-4-8(13)14-3/h4-5,11H,6H2,1-3H3,(H2,10,12)/b5-4+. The fourth-order valence-corrected chi connectivity index (χ4v) is 0.890. The molecule has 0 aromatic carbocycles. The van der Waals surface area contributed by atoms with Gasteiger partial charge in [-0.1, -0.05) is 0 Å². The molecule has 0 radical (unpaired) electrons. The number of ether oxygens (including phenoxy) is 1. The monoisotopic (exact) mass is 200 g/mol. The average Bonchev–Trinajstić information content (AvgIpc) is 2.01. The van der Waals surface area contributed by atoms with E-state index in [1.807, 2.05) is 0 Å². The zero-order chi connectivity index (χ0) is 11.2. The van der Waals surface area contributed by atoms with Crippen LogP contribution in [0.3, 0.4) is 0 Å². The van der Waals surface area contributed by atoms with Crippen LogP contribution in [-0.4, -0.2) is 24.5 Å². The Bertz CT molecular complexity index is 246. The van der Waals surface area contributed by atoms with Crippen LogP contribution in [0.1, 0.15) is 20.3 Å². The summed E-state index contributed by atoms with van der Waals surface area (Å²) in [5.74, 6) is -0.846. The maximum atomic E-state index is 10.7. The first-order valence-electron chi connectivity index (χ1n) is 4.18.